The van der Waals surface area contributed by atoms with Crippen molar-refractivity contribution in [3.05, 3.63) is 58.5 Å². The van der Waals surface area contributed by atoms with Gasteiger partial charge in [0.15, 0.2) is 0 Å². The van der Waals surface area contributed by atoms with E-state index in [1.54, 1.807) is 16.8 Å². The summed E-state index contributed by atoms with van der Waals surface area (Å²) in [5.74, 6) is 0. The van der Waals surface area contributed by atoms with Crippen LogP contribution in [0.25, 0.3) is 5.69 Å². The van der Waals surface area contributed by atoms with Gasteiger partial charge >= 0.3 is 0 Å². The lowest BCUT2D eigenvalue weighted by Crippen LogP contribution is -2.46. The number of halogens is 2. The zero-order valence-corrected chi connectivity index (χ0v) is 17.2. The van der Waals surface area contributed by atoms with Crippen LogP contribution in [0.15, 0.2) is 42.7 Å². The zero-order chi connectivity index (χ0) is 19.2. The number of aromatic nitrogens is 2. The van der Waals surface area contributed by atoms with Gasteiger partial charge in [0.1, 0.15) is 0 Å². The fraction of sp³-hybridized carbons (Fsp3) is 0.450. The smallest absolute Gasteiger partial charge is 0.0907 e. The van der Waals surface area contributed by atoms with Gasteiger partial charge in [0.2, 0.25) is 0 Å². The van der Waals surface area contributed by atoms with Gasteiger partial charge in [0.05, 0.1) is 34.6 Å². The van der Waals surface area contributed by atoms with Gasteiger partial charge in [-0.2, -0.15) is 5.10 Å². The standard InChI is InChI=1S/C20H26Cl2N4O/c1-3-16(2)25-10-8-24(9-11-25)12-13-27-15-17-6-7-26(23-17)18-4-5-19(21)20(22)14-18/h4-7,14H,2-3,8-13,15H2,1H3. The number of hydrogen-bond acceptors (Lipinski definition) is 4. The molecular formula is C20H26Cl2N4O. The second-order valence-corrected chi connectivity index (χ2v) is 7.47. The van der Waals surface area contributed by atoms with Gasteiger partial charge in [-0.25, -0.2) is 4.68 Å². The number of rotatable bonds is 8. The quantitative estimate of drug-likeness (QED) is 0.611. The SMILES string of the molecule is C=C(CC)N1CCN(CCOCc2ccn(-c3ccc(Cl)c(Cl)c3)n2)CC1. The Bertz CT molecular complexity index is 769. The first-order valence-corrected chi connectivity index (χ1v) is 10.0. The maximum absolute atomic E-state index is 6.07. The van der Waals surface area contributed by atoms with E-state index < -0.39 is 0 Å². The summed E-state index contributed by atoms with van der Waals surface area (Å²) in [4.78, 5) is 4.82. The molecule has 27 heavy (non-hydrogen) atoms. The molecule has 1 fully saturated rings. The fourth-order valence-corrected chi connectivity index (χ4v) is 3.38. The average Bonchev–Trinajstić information content (AvgIpc) is 3.16. The van der Waals surface area contributed by atoms with Crippen molar-refractivity contribution in [2.75, 3.05) is 39.3 Å². The molecule has 7 heteroatoms. The Labute approximate surface area is 171 Å². The zero-order valence-electron chi connectivity index (χ0n) is 15.7. The van der Waals surface area contributed by atoms with E-state index in [2.05, 4.69) is 28.4 Å². The molecule has 0 aliphatic carbocycles. The van der Waals surface area contributed by atoms with Crippen LogP contribution in [0, 0.1) is 0 Å². The first-order valence-electron chi connectivity index (χ1n) is 9.29. The molecule has 0 saturated carbocycles. The van der Waals surface area contributed by atoms with Crippen LogP contribution in [0.4, 0.5) is 0 Å². The Balaban J connectivity index is 1.40. The van der Waals surface area contributed by atoms with E-state index in [4.69, 9.17) is 27.9 Å². The van der Waals surface area contributed by atoms with E-state index in [-0.39, 0.29) is 0 Å². The molecule has 0 spiro atoms. The van der Waals surface area contributed by atoms with Crippen molar-refractivity contribution in [1.82, 2.24) is 19.6 Å². The second-order valence-electron chi connectivity index (χ2n) is 6.65. The molecule has 2 heterocycles. The number of piperazine rings is 1. The highest BCUT2D eigenvalue weighted by Crippen LogP contribution is 2.24. The highest BCUT2D eigenvalue weighted by molar-refractivity contribution is 6.42. The largest absolute Gasteiger partial charge is 0.374 e. The number of benzene rings is 1. The van der Waals surface area contributed by atoms with Gasteiger partial charge in [0, 0.05) is 44.6 Å². The monoisotopic (exact) mass is 408 g/mol. The third-order valence-corrected chi connectivity index (χ3v) is 5.58. The second kappa shape index (κ2) is 9.60. The van der Waals surface area contributed by atoms with Gasteiger partial charge in [-0.15, -0.1) is 0 Å². The van der Waals surface area contributed by atoms with Crippen molar-refractivity contribution >= 4 is 23.2 Å². The lowest BCUT2D eigenvalue weighted by Gasteiger charge is -2.36. The molecule has 1 aromatic carbocycles. The molecule has 1 aliphatic heterocycles. The predicted molar refractivity (Wildman–Crippen MR) is 111 cm³/mol. The summed E-state index contributed by atoms with van der Waals surface area (Å²) >= 11 is 12.0. The Morgan fingerprint density at radius 2 is 1.93 bits per heavy atom. The molecule has 5 nitrogen and oxygen atoms in total. The molecule has 2 aromatic rings. The summed E-state index contributed by atoms with van der Waals surface area (Å²) in [7, 11) is 0. The van der Waals surface area contributed by atoms with Crippen LogP contribution in [-0.2, 0) is 11.3 Å². The molecule has 3 rings (SSSR count). The molecule has 0 bridgehead atoms. The molecule has 1 aliphatic rings. The summed E-state index contributed by atoms with van der Waals surface area (Å²) in [5.41, 5.74) is 3.01. The van der Waals surface area contributed by atoms with Crippen LogP contribution in [0.2, 0.25) is 10.0 Å². The Kier molecular flexibility index (Phi) is 7.19. The Hall–Kier alpha value is -1.53. The lowest BCUT2D eigenvalue weighted by molar-refractivity contribution is 0.0731. The Morgan fingerprint density at radius 1 is 1.15 bits per heavy atom. The van der Waals surface area contributed by atoms with E-state index in [0.717, 1.165) is 50.5 Å². The average molecular weight is 409 g/mol. The lowest BCUT2D eigenvalue weighted by atomic mass is 10.2. The maximum Gasteiger partial charge on any atom is 0.0907 e. The number of allylic oxidation sites excluding steroid dienone is 1. The van der Waals surface area contributed by atoms with Gasteiger partial charge in [-0.3, -0.25) is 4.90 Å². The molecule has 0 atom stereocenters. The molecule has 0 radical (unpaired) electrons. The first-order chi connectivity index (χ1) is 13.1. The van der Waals surface area contributed by atoms with Crippen molar-refractivity contribution in [1.29, 1.82) is 0 Å². The first kappa shape index (κ1) is 20.2. The normalized spacial score (nSPS) is 15.3. The van der Waals surface area contributed by atoms with Gasteiger partial charge < -0.3 is 9.64 Å². The topological polar surface area (TPSA) is 33.5 Å². The Morgan fingerprint density at radius 3 is 2.63 bits per heavy atom. The van der Waals surface area contributed by atoms with Gasteiger partial charge in [0.25, 0.3) is 0 Å². The van der Waals surface area contributed by atoms with E-state index in [1.807, 2.05) is 18.3 Å². The summed E-state index contributed by atoms with van der Waals surface area (Å²) in [6.45, 7) is 12.7. The van der Waals surface area contributed by atoms with Gasteiger partial charge in [-0.05, 0) is 30.7 Å². The highest BCUT2D eigenvalue weighted by atomic mass is 35.5. The minimum absolute atomic E-state index is 0.501. The van der Waals surface area contributed by atoms with Crippen LogP contribution in [-0.4, -0.2) is 58.9 Å². The summed E-state index contributed by atoms with van der Waals surface area (Å²) in [6, 6.07) is 7.41. The molecule has 0 amide bonds. The van der Waals surface area contributed by atoms with E-state index in [1.165, 1.54) is 5.70 Å². The van der Waals surface area contributed by atoms with Crippen LogP contribution in [0.1, 0.15) is 19.0 Å². The summed E-state index contributed by atoms with van der Waals surface area (Å²) in [5, 5.41) is 5.59. The number of hydrogen-bond donors (Lipinski definition) is 0. The molecular weight excluding hydrogens is 383 g/mol. The molecule has 0 unspecified atom stereocenters. The highest BCUT2D eigenvalue weighted by Gasteiger charge is 2.16. The third kappa shape index (κ3) is 5.48. The van der Waals surface area contributed by atoms with Gasteiger partial charge in [-0.1, -0.05) is 36.7 Å². The third-order valence-electron chi connectivity index (χ3n) is 4.84. The maximum atomic E-state index is 6.07. The van der Waals surface area contributed by atoms with Crippen LogP contribution >= 0.6 is 23.2 Å². The van der Waals surface area contributed by atoms with Crippen molar-refractivity contribution in [3.63, 3.8) is 0 Å². The summed E-state index contributed by atoms with van der Waals surface area (Å²) in [6.07, 6.45) is 2.93. The van der Waals surface area contributed by atoms with Crippen molar-refractivity contribution in [3.8, 4) is 5.69 Å². The number of nitrogens with zero attached hydrogens (tertiary/aromatic N) is 4. The van der Waals surface area contributed by atoms with Crippen molar-refractivity contribution < 1.29 is 4.74 Å². The molecule has 146 valence electrons. The molecule has 1 saturated heterocycles. The van der Waals surface area contributed by atoms with E-state index >= 15 is 0 Å². The van der Waals surface area contributed by atoms with Crippen LogP contribution in [0.5, 0.6) is 0 Å². The predicted octanol–water partition coefficient (Wildman–Crippen LogP) is 4.24. The molecule has 1 aromatic heterocycles. The minimum Gasteiger partial charge on any atom is -0.374 e. The van der Waals surface area contributed by atoms with Crippen LogP contribution < -0.4 is 0 Å². The minimum atomic E-state index is 0.501. The van der Waals surface area contributed by atoms with E-state index in [0.29, 0.717) is 23.3 Å². The summed E-state index contributed by atoms with van der Waals surface area (Å²) < 4.78 is 7.59. The fourth-order valence-electron chi connectivity index (χ4n) is 3.09. The molecule has 0 N–H and O–H groups in total. The van der Waals surface area contributed by atoms with E-state index in [9.17, 15) is 0 Å². The van der Waals surface area contributed by atoms with Crippen molar-refractivity contribution in [2.24, 2.45) is 0 Å². The van der Waals surface area contributed by atoms with Crippen molar-refractivity contribution in [2.45, 2.75) is 20.0 Å². The number of ether oxygens (including phenoxy) is 1. The van der Waals surface area contributed by atoms with Crippen LogP contribution in [0.3, 0.4) is 0 Å².